The molecule has 0 saturated heterocycles. The maximum atomic E-state index is 11.9. The van der Waals surface area contributed by atoms with Gasteiger partial charge < -0.3 is 5.32 Å². The third kappa shape index (κ3) is 2.68. The SMILES string of the molecule is CNC(=S)NNC(=O)c1n[nH]c(=O)c2ccccc12. The van der Waals surface area contributed by atoms with Crippen molar-refractivity contribution in [2.45, 2.75) is 0 Å². The van der Waals surface area contributed by atoms with Crippen molar-refractivity contribution in [3.63, 3.8) is 0 Å². The first-order chi connectivity index (χ1) is 9.13. The first kappa shape index (κ1) is 13.0. The second-order valence-corrected chi connectivity index (χ2v) is 4.01. The lowest BCUT2D eigenvalue weighted by molar-refractivity contribution is 0.0939. The number of hydrogen-bond donors (Lipinski definition) is 4. The third-order valence-electron chi connectivity index (χ3n) is 2.43. The number of nitrogens with zero attached hydrogens (tertiary/aromatic N) is 1. The summed E-state index contributed by atoms with van der Waals surface area (Å²) in [5, 5.41) is 9.83. The number of benzene rings is 1. The van der Waals surface area contributed by atoms with Crippen LogP contribution in [0, 0.1) is 0 Å². The predicted octanol–water partition coefficient (Wildman–Crippen LogP) is -0.338. The Labute approximate surface area is 113 Å². The van der Waals surface area contributed by atoms with E-state index >= 15 is 0 Å². The molecule has 8 heteroatoms. The van der Waals surface area contributed by atoms with Gasteiger partial charge in [-0.3, -0.25) is 20.4 Å². The second kappa shape index (κ2) is 5.44. The molecule has 4 N–H and O–H groups in total. The fourth-order valence-corrected chi connectivity index (χ4v) is 1.57. The number of aromatic nitrogens is 2. The first-order valence-electron chi connectivity index (χ1n) is 5.39. The minimum Gasteiger partial charge on any atom is -0.364 e. The number of aromatic amines is 1. The number of carbonyl (C=O) groups excluding carboxylic acids is 1. The molecule has 0 spiro atoms. The molecule has 1 heterocycles. The summed E-state index contributed by atoms with van der Waals surface area (Å²) in [6, 6.07) is 6.72. The summed E-state index contributed by atoms with van der Waals surface area (Å²) in [5.41, 5.74) is 4.65. The van der Waals surface area contributed by atoms with Crippen LogP contribution in [0.2, 0.25) is 0 Å². The highest BCUT2D eigenvalue weighted by molar-refractivity contribution is 7.80. The highest BCUT2D eigenvalue weighted by atomic mass is 32.1. The van der Waals surface area contributed by atoms with Gasteiger partial charge in [0.1, 0.15) is 0 Å². The first-order valence-corrected chi connectivity index (χ1v) is 5.80. The topological polar surface area (TPSA) is 98.9 Å². The van der Waals surface area contributed by atoms with Crippen molar-refractivity contribution in [3.8, 4) is 0 Å². The van der Waals surface area contributed by atoms with Crippen molar-refractivity contribution in [1.29, 1.82) is 0 Å². The van der Waals surface area contributed by atoms with Crippen LogP contribution >= 0.6 is 12.2 Å². The quantitative estimate of drug-likeness (QED) is 0.420. The minimum absolute atomic E-state index is 0.113. The van der Waals surface area contributed by atoms with Crippen molar-refractivity contribution >= 4 is 34.0 Å². The van der Waals surface area contributed by atoms with E-state index in [1.807, 2.05) is 0 Å². The summed E-state index contributed by atoms with van der Waals surface area (Å²) in [4.78, 5) is 23.5. The van der Waals surface area contributed by atoms with Gasteiger partial charge in [-0.15, -0.1) is 0 Å². The van der Waals surface area contributed by atoms with Crippen LogP contribution in [0.3, 0.4) is 0 Å². The van der Waals surface area contributed by atoms with Crippen LogP contribution in [0.25, 0.3) is 10.8 Å². The van der Waals surface area contributed by atoms with Crippen LogP contribution in [0.1, 0.15) is 10.5 Å². The number of thiocarbonyl (C=S) groups is 1. The van der Waals surface area contributed by atoms with Gasteiger partial charge >= 0.3 is 0 Å². The summed E-state index contributed by atoms with van der Waals surface area (Å²) >= 11 is 4.83. The zero-order valence-electron chi connectivity index (χ0n) is 9.98. The predicted molar refractivity (Wildman–Crippen MR) is 74.6 cm³/mol. The van der Waals surface area contributed by atoms with Gasteiger partial charge in [-0.1, -0.05) is 18.2 Å². The van der Waals surface area contributed by atoms with Crippen LogP contribution in [0.5, 0.6) is 0 Å². The van der Waals surface area contributed by atoms with Crippen molar-refractivity contribution in [2.75, 3.05) is 7.05 Å². The molecule has 2 rings (SSSR count). The van der Waals surface area contributed by atoms with E-state index < -0.39 is 5.91 Å². The fraction of sp³-hybridized carbons (Fsp3) is 0.0909. The van der Waals surface area contributed by atoms with Gasteiger partial charge in [0.25, 0.3) is 11.5 Å². The lowest BCUT2D eigenvalue weighted by Crippen LogP contribution is -2.46. The molecule has 0 unspecified atom stereocenters. The van der Waals surface area contributed by atoms with Crippen LogP contribution < -0.4 is 21.7 Å². The minimum atomic E-state index is -0.495. The normalized spacial score (nSPS) is 9.95. The van der Waals surface area contributed by atoms with Gasteiger partial charge in [0, 0.05) is 12.4 Å². The average molecular weight is 277 g/mol. The molecule has 0 aliphatic carbocycles. The third-order valence-corrected chi connectivity index (χ3v) is 2.73. The molecule has 0 aliphatic heterocycles. The Balaban J connectivity index is 2.35. The zero-order chi connectivity index (χ0) is 13.8. The second-order valence-electron chi connectivity index (χ2n) is 3.61. The molecule has 2 aromatic rings. The van der Waals surface area contributed by atoms with E-state index in [0.29, 0.717) is 10.8 Å². The summed E-state index contributed by atoms with van der Waals surface area (Å²) in [5.74, 6) is -0.495. The monoisotopic (exact) mass is 277 g/mol. The maximum Gasteiger partial charge on any atom is 0.290 e. The number of rotatable bonds is 1. The van der Waals surface area contributed by atoms with E-state index in [2.05, 4.69) is 26.4 Å². The number of amides is 1. The number of hydrogen-bond acceptors (Lipinski definition) is 4. The Bertz CT molecular complexity index is 697. The van der Waals surface area contributed by atoms with E-state index in [-0.39, 0.29) is 16.4 Å². The van der Waals surface area contributed by atoms with Gasteiger partial charge in [0.05, 0.1) is 5.39 Å². The molecule has 19 heavy (non-hydrogen) atoms. The number of H-pyrrole nitrogens is 1. The highest BCUT2D eigenvalue weighted by Crippen LogP contribution is 2.11. The van der Waals surface area contributed by atoms with E-state index in [1.165, 1.54) is 0 Å². The van der Waals surface area contributed by atoms with Crippen molar-refractivity contribution in [3.05, 3.63) is 40.3 Å². The van der Waals surface area contributed by atoms with Crippen LogP contribution in [-0.4, -0.2) is 28.3 Å². The Hall–Kier alpha value is -2.48. The molecule has 7 nitrogen and oxygen atoms in total. The van der Waals surface area contributed by atoms with Gasteiger partial charge in [-0.2, -0.15) is 5.10 Å². The van der Waals surface area contributed by atoms with Crippen molar-refractivity contribution in [2.24, 2.45) is 0 Å². The Morgan fingerprint density at radius 1 is 1.26 bits per heavy atom. The Kier molecular flexibility index (Phi) is 3.71. The van der Waals surface area contributed by atoms with Crippen molar-refractivity contribution < 1.29 is 4.79 Å². The molecule has 0 radical (unpaired) electrons. The molecule has 0 fully saturated rings. The molecule has 0 atom stereocenters. The van der Waals surface area contributed by atoms with E-state index in [1.54, 1.807) is 31.3 Å². The number of nitrogens with one attached hydrogen (secondary N) is 4. The fourth-order valence-electron chi connectivity index (χ4n) is 1.52. The Morgan fingerprint density at radius 3 is 2.63 bits per heavy atom. The highest BCUT2D eigenvalue weighted by Gasteiger charge is 2.13. The van der Waals surface area contributed by atoms with E-state index in [4.69, 9.17) is 12.2 Å². The van der Waals surface area contributed by atoms with E-state index in [0.717, 1.165) is 0 Å². The van der Waals surface area contributed by atoms with Gasteiger partial charge in [0.15, 0.2) is 10.8 Å². The summed E-state index contributed by atoms with van der Waals surface area (Å²) in [6.07, 6.45) is 0. The van der Waals surface area contributed by atoms with Crippen LogP contribution in [0.4, 0.5) is 0 Å². The molecule has 1 aromatic heterocycles. The number of hydrazine groups is 1. The van der Waals surface area contributed by atoms with Gasteiger partial charge in [-0.25, -0.2) is 5.10 Å². The van der Waals surface area contributed by atoms with Gasteiger partial charge in [0.2, 0.25) is 0 Å². The summed E-state index contributed by atoms with van der Waals surface area (Å²) in [7, 11) is 1.62. The number of carbonyl (C=O) groups is 1. The molecule has 0 saturated carbocycles. The molecule has 98 valence electrons. The Morgan fingerprint density at radius 2 is 1.95 bits per heavy atom. The van der Waals surface area contributed by atoms with Crippen LogP contribution in [-0.2, 0) is 0 Å². The maximum absolute atomic E-state index is 11.9. The van der Waals surface area contributed by atoms with Crippen LogP contribution in [0.15, 0.2) is 29.1 Å². The lowest BCUT2D eigenvalue weighted by atomic mass is 10.1. The molecule has 0 aliphatic rings. The van der Waals surface area contributed by atoms with E-state index in [9.17, 15) is 9.59 Å². The molecular formula is C11H11N5O2S. The molecule has 1 amide bonds. The zero-order valence-corrected chi connectivity index (χ0v) is 10.8. The molecule has 0 bridgehead atoms. The van der Waals surface area contributed by atoms with Crippen molar-refractivity contribution in [1.82, 2.24) is 26.4 Å². The van der Waals surface area contributed by atoms with Gasteiger partial charge in [-0.05, 0) is 18.3 Å². The summed E-state index contributed by atoms with van der Waals surface area (Å²) in [6.45, 7) is 0. The molecular weight excluding hydrogens is 266 g/mol. The average Bonchev–Trinajstić information content (AvgIpc) is 2.45. The summed E-state index contributed by atoms with van der Waals surface area (Å²) < 4.78 is 0. The standard InChI is InChI=1S/C11H11N5O2S/c1-12-11(19)16-15-10(18)8-6-4-2-3-5-7(6)9(17)14-13-8/h2-5H,1H3,(H,14,17)(H,15,18)(H2,12,16,19). The smallest absolute Gasteiger partial charge is 0.290 e. The number of fused-ring (bicyclic) bond motifs is 1. The largest absolute Gasteiger partial charge is 0.364 e. The lowest BCUT2D eigenvalue weighted by Gasteiger charge is -2.09. The molecule has 1 aromatic carbocycles.